The zero-order valence-corrected chi connectivity index (χ0v) is 12.8. The summed E-state index contributed by atoms with van der Waals surface area (Å²) in [5.41, 5.74) is 2.71. The summed E-state index contributed by atoms with van der Waals surface area (Å²) >= 11 is 0. The second-order valence-electron chi connectivity index (χ2n) is 6.76. The smallest absolute Gasteiger partial charge is 0.321 e. The molecule has 3 aliphatic rings. The van der Waals surface area contributed by atoms with E-state index in [2.05, 4.69) is 5.32 Å². The number of carbonyl (C=O) groups excluding carboxylic acids is 2. The van der Waals surface area contributed by atoms with Crippen LogP contribution >= 0.6 is 0 Å². The highest BCUT2D eigenvalue weighted by Gasteiger charge is 2.38. The lowest BCUT2D eigenvalue weighted by atomic mass is 10.0. The van der Waals surface area contributed by atoms with E-state index in [0.29, 0.717) is 18.3 Å². The minimum atomic E-state index is -0.00738. The number of rotatable bonds is 1. The van der Waals surface area contributed by atoms with Crippen LogP contribution in [0.25, 0.3) is 0 Å². The SMILES string of the molecule is CN1C(=O)Cc2cc(NC(=O)N3C[C@H]4CCC[C@@H]4C3)ccc21. The summed E-state index contributed by atoms with van der Waals surface area (Å²) in [5.74, 6) is 1.51. The molecule has 1 N–H and O–H groups in total. The molecule has 5 nitrogen and oxygen atoms in total. The van der Waals surface area contributed by atoms with Crippen molar-refractivity contribution in [2.45, 2.75) is 25.7 Å². The van der Waals surface area contributed by atoms with E-state index in [4.69, 9.17) is 0 Å². The van der Waals surface area contributed by atoms with Crippen LogP contribution in [0.15, 0.2) is 18.2 Å². The van der Waals surface area contributed by atoms with Gasteiger partial charge in [0.2, 0.25) is 5.91 Å². The number of nitrogens with zero attached hydrogens (tertiary/aromatic N) is 2. The minimum Gasteiger partial charge on any atom is -0.324 e. The highest BCUT2D eigenvalue weighted by molar-refractivity contribution is 6.01. The van der Waals surface area contributed by atoms with Crippen LogP contribution in [0.2, 0.25) is 0 Å². The van der Waals surface area contributed by atoms with Gasteiger partial charge < -0.3 is 15.1 Å². The molecule has 2 fully saturated rings. The van der Waals surface area contributed by atoms with E-state index in [1.165, 1.54) is 19.3 Å². The first-order valence-corrected chi connectivity index (χ1v) is 8.07. The Morgan fingerprint density at radius 1 is 1.23 bits per heavy atom. The topological polar surface area (TPSA) is 52.7 Å². The number of benzene rings is 1. The zero-order valence-electron chi connectivity index (χ0n) is 12.8. The molecule has 1 aliphatic carbocycles. The highest BCUT2D eigenvalue weighted by Crippen LogP contribution is 2.38. The fourth-order valence-corrected chi connectivity index (χ4v) is 4.15. The molecule has 0 radical (unpaired) electrons. The maximum atomic E-state index is 12.4. The van der Waals surface area contributed by atoms with Crippen molar-refractivity contribution < 1.29 is 9.59 Å². The van der Waals surface area contributed by atoms with Crippen molar-refractivity contribution in [3.05, 3.63) is 23.8 Å². The van der Waals surface area contributed by atoms with Crippen LogP contribution < -0.4 is 10.2 Å². The first-order chi connectivity index (χ1) is 10.6. The lowest BCUT2D eigenvalue weighted by Gasteiger charge is -2.18. The van der Waals surface area contributed by atoms with Crippen molar-refractivity contribution in [3.8, 4) is 0 Å². The van der Waals surface area contributed by atoms with Crippen LogP contribution in [0.4, 0.5) is 16.2 Å². The standard InChI is InChI=1S/C17H21N3O2/c1-19-15-6-5-14(7-13(15)8-16(19)21)18-17(22)20-9-11-3-2-4-12(11)10-20/h5-7,11-12H,2-4,8-10H2,1H3,(H,18,22)/t11-,12-/m1/s1. The van der Waals surface area contributed by atoms with E-state index in [-0.39, 0.29) is 11.9 Å². The summed E-state index contributed by atoms with van der Waals surface area (Å²) in [6.07, 6.45) is 4.27. The molecule has 22 heavy (non-hydrogen) atoms. The Kier molecular flexibility index (Phi) is 3.10. The average molecular weight is 299 g/mol. The lowest BCUT2D eigenvalue weighted by molar-refractivity contribution is -0.117. The second-order valence-corrected chi connectivity index (χ2v) is 6.76. The summed E-state index contributed by atoms with van der Waals surface area (Å²) in [4.78, 5) is 27.7. The molecule has 0 bridgehead atoms. The van der Waals surface area contributed by atoms with Gasteiger partial charge in [0, 0.05) is 31.5 Å². The first kappa shape index (κ1) is 13.6. The number of anilines is 2. The minimum absolute atomic E-state index is 0.00738. The van der Waals surface area contributed by atoms with Crippen molar-refractivity contribution in [2.75, 3.05) is 30.4 Å². The van der Waals surface area contributed by atoms with Crippen LogP contribution in [0.5, 0.6) is 0 Å². The van der Waals surface area contributed by atoms with Crippen LogP contribution in [0.3, 0.4) is 0 Å². The average Bonchev–Trinajstić information content (AvgIpc) is 3.13. The monoisotopic (exact) mass is 299 g/mol. The number of amides is 3. The molecule has 1 saturated carbocycles. The van der Waals surface area contributed by atoms with Crippen molar-refractivity contribution in [3.63, 3.8) is 0 Å². The predicted molar refractivity (Wildman–Crippen MR) is 85.0 cm³/mol. The molecular formula is C17H21N3O2. The third-order valence-corrected chi connectivity index (χ3v) is 5.42. The van der Waals surface area contributed by atoms with Gasteiger partial charge in [-0.1, -0.05) is 6.42 Å². The quantitative estimate of drug-likeness (QED) is 0.866. The van der Waals surface area contributed by atoms with Gasteiger partial charge in [-0.25, -0.2) is 4.79 Å². The van der Waals surface area contributed by atoms with Gasteiger partial charge in [-0.05, 0) is 48.4 Å². The summed E-state index contributed by atoms with van der Waals surface area (Å²) < 4.78 is 0. The second kappa shape index (κ2) is 5.00. The number of carbonyl (C=O) groups is 2. The Morgan fingerprint density at radius 2 is 1.95 bits per heavy atom. The fourth-order valence-electron chi connectivity index (χ4n) is 4.15. The van der Waals surface area contributed by atoms with Crippen LogP contribution in [-0.2, 0) is 11.2 Å². The van der Waals surface area contributed by atoms with E-state index in [1.54, 1.807) is 11.9 Å². The van der Waals surface area contributed by atoms with Crippen LogP contribution in [0.1, 0.15) is 24.8 Å². The normalized spacial score (nSPS) is 26.3. The maximum Gasteiger partial charge on any atom is 0.321 e. The van der Waals surface area contributed by atoms with E-state index >= 15 is 0 Å². The Balaban J connectivity index is 1.45. The summed E-state index contributed by atoms with van der Waals surface area (Å²) in [6, 6.07) is 5.70. The van der Waals surface area contributed by atoms with E-state index in [1.807, 2.05) is 23.1 Å². The maximum absolute atomic E-state index is 12.4. The van der Waals surface area contributed by atoms with Crippen molar-refractivity contribution in [1.29, 1.82) is 0 Å². The van der Waals surface area contributed by atoms with E-state index < -0.39 is 0 Å². The Bertz CT molecular complexity index is 631. The van der Waals surface area contributed by atoms with Gasteiger partial charge in [0.1, 0.15) is 0 Å². The number of nitrogens with one attached hydrogen (secondary N) is 1. The van der Waals surface area contributed by atoms with Crippen molar-refractivity contribution in [1.82, 2.24) is 4.90 Å². The molecule has 116 valence electrons. The number of urea groups is 1. The van der Waals surface area contributed by atoms with Gasteiger partial charge in [0.05, 0.1) is 6.42 Å². The fraction of sp³-hybridized carbons (Fsp3) is 0.529. The molecule has 1 aromatic rings. The highest BCUT2D eigenvalue weighted by atomic mass is 16.2. The van der Waals surface area contributed by atoms with Crippen LogP contribution in [0, 0.1) is 11.8 Å². The number of hydrogen-bond donors (Lipinski definition) is 1. The molecule has 0 aromatic heterocycles. The molecular weight excluding hydrogens is 278 g/mol. The molecule has 2 atom stereocenters. The summed E-state index contributed by atoms with van der Waals surface area (Å²) in [5, 5.41) is 2.99. The molecule has 0 unspecified atom stereocenters. The number of hydrogen-bond acceptors (Lipinski definition) is 2. The number of likely N-dealkylation sites (N-methyl/N-ethyl adjacent to an activating group) is 1. The lowest BCUT2D eigenvalue weighted by Crippen LogP contribution is -2.33. The Morgan fingerprint density at radius 3 is 2.68 bits per heavy atom. The number of fused-ring (bicyclic) bond motifs is 2. The molecule has 2 heterocycles. The van der Waals surface area contributed by atoms with Gasteiger partial charge in [0.15, 0.2) is 0 Å². The van der Waals surface area contributed by atoms with E-state index in [0.717, 1.165) is 30.0 Å². The molecule has 3 amide bonds. The van der Waals surface area contributed by atoms with Gasteiger partial charge in [-0.2, -0.15) is 0 Å². The third-order valence-electron chi connectivity index (χ3n) is 5.42. The van der Waals surface area contributed by atoms with Gasteiger partial charge in [-0.3, -0.25) is 4.79 Å². The molecule has 2 aliphatic heterocycles. The van der Waals surface area contributed by atoms with Crippen molar-refractivity contribution >= 4 is 23.3 Å². The summed E-state index contributed by atoms with van der Waals surface area (Å²) in [6.45, 7) is 1.78. The third kappa shape index (κ3) is 2.16. The molecule has 1 aromatic carbocycles. The summed E-state index contributed by atoms with van der Waals surface area (Å²) in [7, 11) is 1.79. The molecule has 1 saturated heterocycles. The molecule has 0 spiro atoms. The number of likely N-dealkylation sites (tertiary alicyclic amines) is 1. The Hall–Kier alpha value is -2.04. The first-order valence-electron chi connectivity index (χ1n) is 8.07. The van der Waals surface area contributed by atoms with Gasteiger partial charge in [0.25, 0.3) is 0 Å². The van der Waals surface area contributed by atoms with E-state index in [9.17, 15) is 9.59 Å². The largest absolute Gasteiger partial charge is 0.324 e. The van der Waals surface area contributed by atoms with Gasteiger partial charge >= 0.3 is 6.03 Å². The van der Waals surface area contributed by atoms with Crippen molar-refractivity contribution in [2.24, 2.45) is 11.8 Å². The van der Waals surface area contributed by atoms with Crippen LogP contribution in [-0.4, -0.2) is 37.0 Å². The predicted octanol–water partition coefficient (Wildman–Crippen LogP) is 2.47. The Labute approximate surface area is 130 Å². The molecule has 4 rings (SSSR count). The zero-order chi connectivity index (χ0) is 15.3. The van der Waals surface area contributed by atoms with Gasteiger partial charge in [-0.15, -0.1) is 0 Å². The molecule has 5 heteroatoms.